The molecule has 4 rings (SSSR count). The Balaban J connectivity index is 1.48. The van der Waals surface area contributed by atoms with Crippen LogP contribution in [0.15, 0.2) is 55.4 Å². The number of carbonyl (C=O) groups excluding carboxylic acids is 1. The molecule has 1 amide bonds. The van der Waals surface area contributed by atoms with Gasteiger partial charge in [-0.25, -0.2) is 19.6 Å². The van der Waals surface area contributed by atoms with Crippen molar-refractivity contribution in [3.63, 3.8) is 0 Å². The van der Waals surface area contributed by atoms with Crippen molar-refractivity contribution in [2.75, 3.05) is 13.1 Å². The molecule has 126 valence electrons. The lowest BCUT2D eigenvalue weighted by Crippen LogP contribution is -2.39. The minimum atomic E-state index is 0.0123. The third-order valence-electron chi connectivity index (χ3n) is 4.47. The third kappa shape index (κ3) is 3.26. The van der Waals surface area contributed by atoms with E-state index in [-0.39, 0.29) is 11.8 Å². The van der Waals surface area contributed by atoms with Crippen molar-refractivity contribution in [2.24, 2.45) is 0 Å². The van der Waals surface area contributed by atoms with Crippen LogP contribution in [0.5, 0.6) is 0 Å². The van der Waals surface area contributed by atoms with Gasteiger partial charge in [0.25, 0.3) is 5.91 Å². The van der Waals surface area contributed by atoms with Crippen molar-refractivity contribution in [1.82, 2.24) is 29.6 Å². The Morgan fingerprint density at radius 1 is 1.16 bits per heavy atom. The van der Waals surface area contributed by atoms with Crippen molar-refractivity contribution in [1.29, 1.82) is 0 Å². The highest BCUT2D eigenvalue weighted by atomic mass is 16.2. The van der Waals surface area contributed by atoms with Gasteiger partial charge in [0.1, 0.15) is 6.33 Å². The van der Waals surface area contributed by atoms with Gasteiger partial charge in [-0.2, -0.15) is 5.10 Å². The molecule has 0 aliphatic carbocycles. The molecule has 0 aromatic carbocycles. The first-order chi connectivity index (χ1) is 12.3. The van der Waals surface area contributed by atoms with E-state index in [1.165, 1.54) is 0 Å². The fraction of sp³-hybridized carbons (Fsp3) is 0.278. The van der Waals surface area contributed by atoms with E-state index in [9.17, 15) is 4.79 Å². The number of likely N-dealkylation sites (tertiary alicyclic amines) is 1. The Morgan fingerprint density at radius 3 is 2.84 bits per heavy atom. The first kappa shape index (κ1) is 15.4. The Labute approximate surface area is 145 Å². The van der Waals surface area contributed by atoms with Crippen LogP contribution in [-0.2, 0) is 0 Å². The molecule has 0 saturated carbocycles. The predicted molar refractivity (Wildman–Crippen MR) is 91.3 cm³/mol. The van der Waals surface area contributed by atoms with E-state index in [4.69, 9.17) is 0 Å². The summed E-state index contributed by atoms with van der Waals surface area (Å²) in [6, 6.07) is 7.38. The summed E-state index contributed by atoms with van der Waals surface area (Å²) in [6.07, 6.45) is 10.5. The molecule has 25 heavy (non-hydrogen) atoms. The summed E-state index contributed by atoms with van der Waals surface area (Å²) in [5, 5.41) is 4.14. The molecule has 3 aromatic heterocycles. The molecule has 3 aromatic rings. The molecule has 1 aliphatic heterocycles. The first-order valence-electron chi connectivity index (χ1n) is 8.32. The van der Waals surface area contributed by atoms with E-state index in [1.54, 1.807) is 35.7 Å². The van der Waals surface area contributed by atoms with Gasteiger partial charge in [-0.1, -0.05) is 0 Å². The molecule has 7 nitrogen and oxygen atoms in total. The van der Waals surface area contributed by atoms with Gasteiger partial charge in [0.2, 0.25) is 0 Å². The van der Waals surface area contributed by atoms with Crippen LogP contribution in [0.1, 0.15) is 34.8 Å². The zero-order chi connectivity index (χ0) is 17.1. The van der Waals surface area contributed by atoms with Crippen LogP contribution in [0.3, 0.4) is 0 Å². The van der Waals surface area contributed by atoms with Crippen molar-refractivity contribution in [3.05, 3.63) is 66.6 Å². The van der Waals surface area contributed by atoms with Gasteiger partial charge >= 0.3 is 0 Å². The number of amides is 1. The molecule has 1 atom stereocenters. The van der Waals surface area contributed by atoms with E-state index < -0.39 is 0 Å². The highest BCUT2D eigenvalue weighted by Crippen LogP contribution is 2.26. The molecule has 1 saturated heterocycles. The molecule has 0 N–H and O–H groups in total. The molecule has 1 fully saturated rings. The van der Waals surface area contributed by atoms with Gasteiger partial charge in [0.05, 0.1) is 5.56 Å². The summed E-state index contributed by atoms with van der Waals surface area (Å²) in [7, 11) is 0. The maximum Gasteiger partial charge on any atom is 0.255 e. The van der Waals surface area contributed by atoms with Crippen molar-refractivity contribution in [3.8, 4) is 5.82 Å². The quantitative estimate of drug-likeness (QED) is 0.733. The fourth-order valence-corrected chi connectivity index (χ4v) is 3.18. The molecule has 7 heteroatoms. The number of nitrogens with zero attached hydrogens (tertiary/aromatic N) is 6. The average molecular weight is 334 g/mol. The molecule has 0 bridgehead atoms. The largest absolute Gasteiger partial charge is 0.338 e. The minimum absolute atomic E-state index is 0.0123. The van der Waals surface area contributed by atoms with Crippen molar-refractivity contribution >= 4 is 5.91 Å². The topological polar surface area (TPSA) is 76.8 Å². The van der Waals surface area contributed by atoms with E-state index >= 15 is 0 Å². The van der Waals surface area contributed by atoms with Crippen LogP contribution in [0, 0.1) is 0 Å². The normalized spacial score (nSPS) is 17.4. The van der Waals surface area contributed by atoms with Gasteiger partial charge in [-0.3, -0.25) is 4.79 Å². The van der Waals surface area contributed by atoms with E-state index in [0.29, 0.717) is 17.9 Å². The second-order valence-corrected chi connectivity index (χ2v) is 6.08. The van der Waals surface area contributed by atoms with Crippen LogP contribution in [0.2, 0.25) is 0 Å². The van der Waals surface area contributed by atoms with Crippen LogP contribution in [-0.4, -0.2) is 48.6 Å². The molecule has 0 unspecified atom stereocenters. The lowest BCUT2D eigenvalue weighted by atomic mass is 9.94. The van der Waals surface area contributed by atoms with Crippen LogP contribution in [0.4, 0.5) is 0 Å². The number of carbonyl (C=O) groups is 1. The summed E-state index contributed by atoms with van der Waals surface area (Å²) in [5.74, 6) is 0.967. The van der Waals surface area contributed by atoms with Gasteiger partial charge in [-0.15, -0.1) is 0 Å². The van der Waals surface area contributed by atoms with E-state index in [0.717, 1.165) is 25.1 Å². The van der Waals surface area contributed by atoms with Gasteiger partial charge < -0.3 is 4.90 Å². The summed E-state index contributed by atoms with van der Waals surface area (Å²) in [4.78, 5) is 27.3. The molecule has 0 spiro atoms. The SMILES string of the molecule is O=C(c1ccc(-n2cccn2)nc1)N1CCC[C@H](c2ccncn2)C1. The zero-order valence-corrected chi connectivity index (χ0v) is 13.7. The molecule has 4 heterocycles. The summed E-state index contributed by atoms with van der Waals surface area (Å²) < 4.78 is 1.67. The average Bonchev–Trinajstić information content (AvgIpc) is 3.23. The van der Waals surface area contributed by atoms with Crippen LogP contribution >= 0.6 is 0 Å². The van der Waals surface area contributed by atoms with Gasteiger partial charge in [0.15, 0.2) is 5.82 Å². The summed E-state index contributed by atoms with van der Waals surface area (Å²) in [6.45, 7) is 1.44. The Morgan fingerprint density at radius 2 is 2.12 bits per heavy atom. The summed E-state index contributed by atoms with van der Waals surface area (Å²) in [5.41, 5.74) is 1.60. The maximum atomic E-state index is 12.8. The smallest absolute Gasteiger partial charge is 0.255 e. The van der Waals surface area contributed by atoms with E-state index in [1.807, 2.05) is 29.3 Å². The van der Waals surface area contributed by atoms with Gasteiger partial charge in [0, 0.05) is 49.5 Å². The number of aromatic nitrogens is 5. The highest BCUT2D eigenvalue weighted by molar-refractivity contribution is 5.94. The van der Waals surface area contributed by atoms with Crippen molar-refractivity contribution in [2.45, 2.75) is 18.8 Å². The van der Waals surface area contributed by atoms with Gasteiger partial charge in [-0.05, 0) is 37.1 Å². The van der Waals surface area contributed by atoms with Crippen molar-refractivity contribution < 1.29 is 4.79 Å². The number of hydrogen-bond acceptors (Lipinski definition) is 5. The van der Waals surface area contributed by atoms with E-state index in [2.05, 4.69) is 20.1 Å². The molecule has 0 radical (unpaired) electrons. The van der Waals surface area contributed by atoms with Crippen LogP contribution in [0.25, 0.3) is 5.82 Å². The highest BCUT2D eigenvalue weighted by Gasteiger charge is 2.26. The predicted octanol–water partition coefficient (Wildman–Crippen LogP) is 2.08. The second-order valence-electron chi connectivity index (χ2n) is 6.08. The third-order valence-corrected chi connectivity index (χ3v) is 4.47. The lowest BCUT2D eigenvalue weighted by Gasteiger charge is -2.32. The number of pyridine rings is 1. The zero-order valence-electron chi connectivity index (χ0n) is 13.7. The van der Waals surface area contributed by atoms with Crippen LogP contribution < -0.4 is 0 Å². The lowest BCUT2D eigenvalue weighted by molar-refractivity contribution is 0.0705. The monoisotopic (exact) mass is 334 g/mol. The summed E-state index contributed by atoms with van der Waals surface area (Å²) >= 11 is 0. The Kier molecular flexibility index (Phi) is 4.20. The maximum absolute atomic E-state index is 12.8. The number of hydrogen-bond donors (Lipinski definition) is 0. The number of piperidine rings is 1. The Hall–Kier alpha value is -3.09. The minimum Gasteiger partial charge on any atom is -0.338 e. The number of rotatable bonds is 3. The standard InChI is InChI=1S/C18H18N6O/c25-18(14-4-5-17(20-11-14)24-10-2-7-22-24)23-9-1-3-15(12-23)16-6-8-19-13-21-16/h2,4-8,10-11,13,15H,1,3,9,12H2/t15-/m0/s1. The second kappa shape index (κ2) is 6.80. The first-order valence-corrected chi connectivity index (χ1v) is 8.32. The molecular formula is C18H18N6O. The molecule has 1 aliphatic rings. The molecular weight excluding hydrogens is 316 g/mol. The fourth-order valence-electron chi connectivity index (χ4n) is 3.18. The Bertz CT molecular complexity index is 832.